The van der Waals surface area contributed by atoms with Crippen LogP contribution in [0.15, 0.2) is 18.2 Å². The molecule has 0 atom stereocenters. The van der Waals surface area contributed by atoms with Gasteiger partial charge in [0.15, 0.2) is 0 Å². The second kappa shape index (κ2) is 10.4. The Balaban J connectivity index is 0.00000220. The minimum absolute atomic E-state index is 0. The van der Waals surface area contributed by atoms with Crippen LogP contribution >= 0.6 is 48.0 Å². The number of amides is 1. The monoisotopic (exact) mass is 387 g/mol. The number of alkyl halides is 1. The number of hydrogen-bond acceptors (Lipinski definition) is 3. The smallest absolute Gasteiger partial charge is 0.235 e. The number of rotatable bonds is 4. The van der Waals surface area contributed by atoms with E-state index in [0.717, 1.165) is 37.4 Å². The van der Waals surface area contributed by atoms with E-state index in [1.54, 1.807) is 0 Å². The highest BCUT2D eigenvalue weighted by molar-refractivity contribution is 6.31. The molecule has 0 aromatic heterocycles. The topological polar surface area (TPSA) is 35.6 Å². The van der Waals surface area contributed by atoms with Gasteiger partial charge in [-0.15, -0.1) is 36.4 Å². The first-order valence-corrected chi connectivity index (χ1v) is 7.56. The second-order valence-electron chi connectivity index (χ2n) is 4.94. The van der Waals surface area contributed by atoms with Gasteiger partial charge in [-0.25, -0.2) is 0 Å². The number of carbonyl (C=O) groups is 1. The zero-order valence-electron chi connectivity index (χ0n) is 12.3. The summed E-state index contributed by atoms with van der Waals surface area (Å²) < 4.78 is 0. The summed E-state index contributed by atoms with van der Waals surface area (Å²) in [5.41, 5.74) is 2.05. The zero-order chi connectivity index (χ0) is 14.5. The largest absolute Gasteiger partial charge is 0.369 e. The van der Waals surface area contributed by atoms with Gasteiger partial charge in [-0.2, -0.15) is 0 Å². The SMILES string of the molecule is CN1CCN(c2cccc(Cl)c2CNC(=O)CCl)CC1.Cl.Cl. The molecule has 1 amide bonds. The number of nitrogens with one attached hydrogen (secondary N) is 1. The molecule has 1 aliphatic rings. The molecule has 1 aromatic carbocycles. The molecule has 0 aliphatic carbocycles. The van der Waals surface area contributed by atoms with Gasteiger partial charge in [0.05, 0.1) is 0 Å². The predicted octanol–water partition coefficient (Wildman–Crippen LogP) is 2.79. The third kappa shape index (κ3) is 5.67. The lowest BCUT2D eigenvalue weighted by molar-refractivity contribution is -0.118. The van der Waals surface area contributed by atoms with Crippen LogP contribution in [0.2, 0.25) is 5.02 Å². The molecule has 1 heterocycles. The van der Waals surface area contributed by atoms with E-state index >= 15 is 0 Å². The number of carbonyl (C=O) groups excluding carboxylic acids is 1. The van der Waals surface area contributed by atoms with Gasteiger partial charge in [-0.3, -0.25) is 4.79 Å². The Hall–Kier alpha value is -0.390. The molecule has 126 valence electrons. The molecular formula is C14H21Cl4N3O. The van der Waals surface area contributed by atoms with Crippen LogP contribution in [0, 0.1) is 0 Å². The van der Waals surface area contributed by atoms with Crippen LogP contribution in [0.1, 0.15) is 5.56 Å². The predicted molar refractivity (Wildman–Crippen MR) is 98.2 cm³/mol. The van der Waals surface area contributed by atoms with Crippen molar-refractivity contribution in [1.82, 2.24) is 10.2 Å². The van der Waals surface area contributed by atoms with Crippen LogP contribution in [0.3, 0.4) is 0 Å². The van der Waals surface area contributed by atoms with Crippen molar-refractivity contribution in [2.45, 2.75) is 6.54 Å². The fourth-order valence-corrected chi connectivity index (χ4v) is 2.63. The Morgan fingerprint density at radius 3 is 2.45 bits per heavy atom. The van der Waals surface area contributed by atoms with Gasteiger partial charge in [0.25, 0.3) is 0 Å². The Morgan fingerprint density at radius 1 is 1.23 bits per heavy atom. The number of benzene rings is 1. The third-order valence-electron chi connectivity index (χ3n) is 3.52. The third-order valence-corrected chi connectivity index (χ3v) is 4.12. The number of anilines is 1. The molecule has 2 rings (SSSR count). The maximum Gasteiger partial charge on any atom is 0.235 e. The fraction of sp³-hybridized carbons (Fsp3) is 0.500. The van der Waals surface area contributed by atoms with E-state index in [2.05, 4.69) is 28.2 Å². The van der Waals surface area contributed by atoms with E-state index in [0.29, 0.717) is 11.6 Å². The van der Waals surface area contributed by atoms with Crippen molar-refractivity contribution in [3.05, 3.63) is 28.8 Å². The molecule has 0 spiro atoms. The fourth-order valence-electron chi connectivity index (χ4n) is 2.30. The summed E-state index contributed by atoms with van der Waals surface area (Å²) in [6, 6.07) is 5.85. The van der Waals surface area contributed by atoms with Crippen molar-refractivity contribution in [3.63, 3.8) is 0 Å². The van der Waals surface area contributed by atoms with E-state index in [-0.39, 0.29) is 36.6 Å². The van der Waals surface area contributed by atoms with E-state index in [9.17, 15) is 4.79 Å². The van der Waals surface area contributed by atoms with Crippen LogP contribution in [0.4, 0.5) is 5.69 Å². The molecule has 0 unspecified atom stereocenters. The van der Waals surface area contributed by atoms with Crippen molar-refractivity contribution in [2.24, 2.45) is 0 Å². The average Bonchev–Trinajstić information content (AvgIpc) is 2.46. The summed E-state index contributed by atoms with van der Waals surface area (Å²) in [6.45, 7) is 4.40. The molecule has 0 saturated carbocycles. The molecule has 0 radical (unpaired) electrons. The lowest BCUT2D eigenvalue weighted by atomic mass is 10.1. The molecular weight excluding hydrogens is 368 g/mol. The Bertz CT molecular complexity index is 479. The molecule has 1 saturated heterocycles. The van der Waals surface area contributed by atoms with Crippen LogP contribution in [0.25, 0.3) is 0 Å². The average molecular weight is 389 g/mol. The Labute approximate surface area is 153 Å². The van der Waals surface area contributed by atoms with Gasteiger partial charge < -0.3 is 15.1 Å². The lowest BCUT2D eigenvalue weighted by Crippen LogP contribution is -2.45. The van der Waals surface area contributed by atoms with Crippen LogP contribution in [0.5, 0.6) is 0 Å². The first-order chi connectivity index (χ1) is 9.61. The second-order valence-corrected chi connectivity index (χ2v) is 5.61. The van der Waals surface area contributed by atoms with Crippen molar-refractivity contribution in [2.75, 3.05) is 44.0 Å². The maximum atomic E-state index is 11.3. The molecule has 1 N–H and O–H groups in total. The molecule has 4 nitrogen and oxygen atoms in total. The van der Waals surface area contributed by atoms with Crippen molar-refractivity contribution in [3.8, 4) is 0 Å². The zero-order valence-corrected chi connectivity index (χ0v) is 15.5. The summed E-state index contributed by atoms with van der Waals surface area (Å²) in [5.74, 6) is -0.218. The minimum Gasteiger partial charge on any atom is -0.369 e. The highest BCUT2D eigenvalue weighted by atomic mass is 35.5. The van der Waals surface area contributed by atoms with Gasteiger partial charge in [-0.1, -0.05) is 17.7 Å². The van der Waals surface area contributed by atoms with Gasteiger partial charge in [0.1, 0.15) is 5.88 Å². The normalized spacial score (nSPS) is 14.8. The number of hydrogen-bond donors (Lipinski definition) is 1. The highest BCUT2D eigenvalue weighted by Crippen LogP contribution is 2.28. The molecule has 1 aromatic rings. The first kappa shape index (κ1) is 21.6. The molecule has 1 fully saturated rings. The molecule has 0 bridgehead atoms. The standard InChI is InChI=1S/C14H19Cl2N3O.2ClH/c1-18-5-7-19(8-6-18)13-4-2-3-12(16)11(13)10-17-14(20)9-15;;/h2-4H,5-10H2,1H3,(H,17,20);2*1H. The Morgan fingerprint density at radius 2 is 1.86 bits per heavy atom. The quantitative estimate of drug-likeness (QED) is 0.805. The van der Waals surface area contributed by atoms with Crippen molar-refractivity contribution >= 4 is 59.6 Å². The minimum atomic E-state index is -0.184. The van der Waals surface area contributed by atoms with Crippen molar-refractivity contribution in [1.29, 1.82) is 0 Å². The van der Waals surface area contributed by atoms with Gasteiger partial charge >= 0.3 is 0 Å². The van der Waals surface area contributed by atoms with Crippen molar-refractivity contribution < 1.29 is 4.79 Å². The number of piperazine rings is 1. The van der Waals surface area contributed by atoms with Gasteiger partial charge in [-0.05, 0) is 19.2 Å². The Kier molecular flexibility index (Phi) is 10.2. The molecule has 8 heteroatoms. The summed E-state index contributed by atoms with van der Waals surface area (Å²) >= 11 is 11.8. The molecule has 22 heavy (non-hydrogen) atoms. The summed E-state index contributed by atoms with van der Waals surface area (Å²) in [7, 11) is 2.12. The van der Waals surface area contributed by atoms with Crippen LogP contribution in [-0.4, -0.2) is 49.9 Å². The first-order valence-electron chi connectivity index (χ1n) is 6.65. The number of likely N-dealkylation sites (N-methyl/N-ethyl adjacent to an activating group) is 1. The van der Waals surface area contributed by atoms with E-state index < -0.39 is 0 Å². The highest BCUT2D eigenvalue weighted by Gasteiger charge is 2.18. The summed E-state index contributed by atoms with van der Waals surface area (Å²) in [5, 5.41) is 3.46. The van der Waals surface area contributed by atoms with Gasteiger partial charge in [0.2, 0.25) is 5.91 Å². The van der Waals surface area contributed by atoms with E-state index in [1.807, 2.05) is 12.1 Å². The lowest BCUT2D eigenvalue weighted by Gasteiger charge is -2.35. The van der Waals surface area contributed by atoms with Gasteiger partial charge in [0, 0.05) is 49.0 Å². The van der Waals surface area contributed by atoms with E-state index in [4.69, 9.17) is 23.2 Å². The number of nitrogens with zero attached hydrogens (tertiary/aromatic N) is 2. The molecule has 1 aliphatic heterocycles. The van der Waals surface area contributed by atoms with E-state index in [1.165, 1.54) is 0 Å². The summed E-state index contributed by atoms with van der Waals surface area (Å²) in [4.78, 5) is 15.9. The van der Waals surface area contributed by atoms with Crippen LogP contribution < -0.4 is 10.2 Å². The number of halogens is 4. The maximum absolute atomic E-state index is 11.3. The van der Waals surface area contributed by atoms with Crippen LogP contribution in [-0.2, 0) is 11.3 Å². The summed E-state index contributed by atoms with van der Waals surface area (Å²) in [6.07, 6.45) is 0.